The van der Waals surface area contributed by atoms with Gasteiger partial charge in [0.05, 0.1) is 19.1 Å². The number of ether oxygens (including phenoxy) is 2. The molecule has 1 aromatic carbocycles. The molecule has 2 rings (SSSR count). The van der Waals surface area contributed by atoms with Crippen molar-refractivity contribution in [2.75, 3.05) is 20.5 Å². The number of benzene rings is 1. The molecule has 3 nitrogen and oxygen atoms in total. The van der Waals surface area contributed by atoms with Crippen LogP contribution in [-0.4, -0.2) is 20.5 Å². The van der Waals surface area contributed by atoms with E-state index in [-0.39, 0.29) is 5.54 Å². The Labute approximate surface area is 107 Å². The van der Waals surface area contributed by atoms with Crippen LogP contribution in [0.2, 0.25) is 0 Å². The maximum absolute atomic E-state index is 6.40. The average molecular weight is 253 g/mol. The van der Waals surface area contributed by atoms with Gasteiger partial charge < -0.3 is 15.2 Å². The lowest BCUT2D eigenvalue weighted by molar-refractivity contribution is 0.241. The van der Waals surface area contributed by atoms with Gasteiger partial charge in [0.25, 0.3) is 0 Å². The monoisotopic (exact) mass is 253 g/mol. The van der Waals surface area contributed by atoms with E-state index < -0.39 is 0 Å². The molecule has 94 valence electrons. The molecule has 0 amide bonds. The van der Waals surface area contributed by atoms with Crippen LogP contribution in [0.1, 0.15) is 24.8 Å². The minimum Gasteiger partial charge on any atom is -0.497 e. The van der Waals surface area contributed by atoms with Crippen molar-refractivity contribution in [1.82, 2.24) is 0 Å². The first-order valence-corrected chi connectivity index (χ1v) is 6.96. The van der Waals surface area contributed by atoms with Crippen molar-refractivity contribution in [1.29, 1.82) is 0 Å². The van der Waals surface area contributed by atoms with Gasteiger partial charge in [-0.3, -0.25) is 0 Å². The highest BCUT2D eigenvalue weighted by molar-refractivity contribution is 7.98. The third kappa shape index (κ3) is 2.11. The van der Waals surface area contributed by atoms with Crippen LogP contribution in [-0.2, 0) is 5.54 Å². The molecule has 4 heteroatoms. The second kappa shape index (κ2) is 4.78. The van der Waals surface area contributed by atoms with Gasteiger partial charge >= 0.3 is 0 Å². The van der Waals surface area contributed by atoms with Gasteiger partial charge in [-0.2, -0.15) is 0 Å². The Hall–Kier alpha value is -0.870. The Kier molecular flexibility index (Phi) is 3.54. The molecule has 0 heterocycles. The minimum absolute atomic E-state index is 0.232. The zero-order chi connectivity index (χ0) is 12.5. The fourth-order valence-corrected chi connectivity index (χ4v) is 2.87. The molecule has 1 aliphatic carbocycles. The van der Waals surface area contributed by atoms with E-state index in [2.05, 4.69) is 0 Å². The Morgan fingerprint density at radius 2 is 1.94 bits per heavy atom. The molecule has 0 spiro atoms. The van der Waals surface area contributed by atoms with Gasteiger partial charge in [-0.1, -0.05) is 0 Å². The standard InChI is InChI=1S/C13H19NO2S/c1-15-9-7-10(13(14)5-4-6-13)12(16-2)11(8-9)17-3/h7-8H,4-6,14H2,1-3H3. The van der Waals surface area contributed by atoms with Gasteiger partial charge in [-0.05, 0) is 37.7 Å². The van der Waals surface area contributed by atoms with Crippen LogP contribution in [0.3, 0.4) is 0 Å². The lowest BCUT2D eigenvalue weighted by Crippen LogP contribution is -2.43. The smallest absolute Gasteiger partial charge is 0.137 e. The molecule has 2 N–H and O–H groups in total. The van der Waals surface area contributed by atoms with Gasteiger partial charge in [0.2, 0.25) is 0 Å². The summed E-state index contributed by atoms with van der Waals surface area (Å²) in [5.41, 5.74) is 7.25. The van der Waals surface area contributed by atoms with Crippen molar-refractivity contribution in [3.05, 3.63) is 17.7 Å². The predicted octanol–water partition coefficient (Wildman–Crippen LogP) is 2.76. The summed E-state index contributed by atoms with van der Waals surface area (Å²) in [6.07, 6.45) is 5.26. The summed E-state index contributed by atoms with van der Waals surface area (Å²) in [5, 5.41) is 0. The summed E-state index contributed by atoms with van der Waals surface area (Å²) in [7, 11) is 3.38. The van der Waals surface area contributed by atoms with E-state index >= 15 is 0 Å². The molecule has 0 atom stereocenters. The van der Waals surface area contributed by atoms with Crippen molar-refractivity contribution >= 4 is 11.8 Å². The summed E-state index contributed by atoms with van der Waals surface area (Å²) < 4.78 is 10.9. The normalized spacial score (nSPS) is 17.4. The predicted molar refractivity (Wildman–Crippen MR) is 71.0 cm³/mol. The first-order chi connectivity index (χ1) is 8.14. The molecule has 0 bridgehead atoms. The highest BCUT2D eigenvalue weighted by atomic mass is 32.2. The van der Waals surface area contributed by atoms with E-state index in [0.29, 0.717) is 0 Å². The first kappa shape index (κ1) is 12.6. The maximum atomic E-state index is 6.40. The van der Waals surface area contributed by atoms with E-state index in [0.717, 1.165) is 34.8 Å². The summed E-state index contributed by atoms with van der Waals surface area (Å²) >= 11 is 1.65. The number of hydrogen-bond donors (Lipinski definition) is 1. The van der Waals surface area contributed by atoms with E-state index in [1.165, 1.54) is 6.42 Å². The molecule has 1 fully saturated rings. The second-order valence-electron chi connectivity index (χ2n) is 4.42. The average Bonchev–Trinajstić information content (AvgIpc) is 2.33. The number of methoxy groups -OCH3 is 2. The van der Waals surface area contributed by atoms with Crippen molar-refractivity contribution in [2.24, 2.45) is 5.73 Å². The molecule has 1 aliphatic rings. The van der Waals surface area contributed by atoms with Crippen LogP contribution >= 0.6 is 11.8 Å². The van der Waals surface area contributed by atoms with Gasteiger partial charge in [0, 0.05) is 11.1 Å². The van der Waals surface area contributed by atoms with Gasteiger partial charge in [-0.25, -0.2) is 0 Å². The fourth-order valence-electron chi connectivity index (χ4n) is 2.25. The van der Waals surface area contributed by atoms with Crippen LogP contribution in [0.15, 0.2) is 17.0 Å². The van der Waals surface area contributed by atoms with E-state index in [1.54, 1.807) is 26.0 Å². The van der Waals surface area contributed by atoms with Gasteiger partial charge in [-0.15, -0.1) is 11.8 Å². The Morgan fingerprint density at radius 3 is 2.35 bits per heavy atom. The number of hydrogen-bond acceptors (Lipinski definition) is 4. The molecular formula is C13H19NO2S. The molecule has 1 saturated carbocycles. The van der Waals surface area contributed by atoms with Gasteiger partial charge in [0.1, 0.15) is 11.5 Å². The van der Waals surface area contributed by atoms with E-state index in [4.69, 9.17) is 15.2 Å². The van der Waals surface area contributed by atoms with Gasteiger partial charge in [0.15, 0.2) is 0 Å². The lowest BCUT2D eigenvalue weighted by Gasteiger charge is -2.39. The van der Waals surface area contributed by atoms with Crippen molar-refractivity contribution in [2.45, 2.75) is 29.7 Å². The second-order valence-corrected chi connectivity index (χ2v) is 5.27. The molecule has 0 unspecified atom stereocenters. The Balaban J connectivity index is 2.54. The number of thioether (sulfide) groups is 1. The summed E-state index contributed by atoms with van der Waals surface area (Å²) in [6.45, 7) is 0. The van der Waals surface area contributed by atoms with Crippen LogP contribution < -0.4 is 15.2 Å². The largest absolute Gasteiger partial charge is 0.497 e. The maximum Gasteiger partial charge on any atom is 0.137 e. The molecule has 17 heavy (non-hydrogen) atoms. The lowest BCUT2D eigenvalue weighted by atomic mass is 9.72. The van der Waals surface area contributed by atoms with Crippen LogP contribution in [0.4, 0.5) is 0 Å². The third-order valence-electron chi connectivity index (χ3n) is 3.47. The first-order valence-electron chi connectivity index (χ1n) is 5.74. The third-order valence-corrected chi connectivity index (χ3v) is 4.21. The Bertz CT molecular complexity index is 416. The number of nitrogens with two attached hydrogens (primary N) is 1. The van der Waals surface area contributed by atoms with E-state index in [9.17, 15) is 0 Å². The summed E-state index contributed by atoms with van der Waals surface area (Å²) in [5.74, 6) is 1.75. The van der Waals surface area contributed by atoms with Crippen molar-refractivity contribution < 1.29 is 9.47 Å². The van der Waals surface area contributed by atoms with Crippen LogP contribution in [0, 0.1) is 0 Å². The SMILES string of the molecule is COc1cc(SC)c(OC)c(C2(N)CCC2)c1. The quantitative estimate of drug-likeness (QED) is 0.838. The summed E-state index contributed by atoms with van der Waals surface area (Å²) in [4.78, 5) is 1.08. The molecular weight excluding hydrogens is 234 g/mol. The van der Waals surface area contributed by atoms with Crippen molar-refractivity contribution in [3.8, 4) is 11.5 Å². The molecule has 0 aromatic heterocycles. The molecule has 0 saturated heterocycles. The zero-order valence-corrected chi connectivity index (χ0v) is 11.4. The molecule has 0 aliphatic heterocycles. The highest BCUT2D eigenvalue weighted by Gasteiger charge is 2.37. The van der Waals surface area contributed by atoms with Crippen molar-refractivity contribution in [3.63, 3.8) is 0 Å². The number of rotatable bonds is 4. The molecule has 0 radical (unpaired) electrons. The molecule has 1 aromatic rings. The van der Waals surface area contributed by atoms with Crippen LogP contribution in [0.25, 0.3) is 0 Å². The zero-order valence-electron chi connectivity index (χ0n) is 10.6. The fraction of sp³-hybridized carbons (Fsp3) is 0.538. The highest BCUT2D eigenvalue weighted by Crippen LogP contribution is 2.47. The van der Waals surface area contributed by atoms with Crippen LogP contribution in [0.5, 0.6) is 11.5 Å². The summed E-state index contributed by atoms with van der Waals surface area (Å²) in [6, 6.07) is 4.01. The minimum atomic E-state index is -0.232. The topological polar surface area (TPSA) is 44.5 Å². The Morgan fingerprint density at radius 1 is 1.24 bits per heavy atom. The van der Waals surface area contributed by atoms with E-state index in [1.807, 2.05) is 18.4 Å².